The summed E-state index contributed by atoms with van der Waals surface area (Å²) < 4.78 is 1.95. The van der Waals surface area contributed by atoms with Crippen LogP contribution in [0.1, 0.15) is 18.1 Å². The fourth-order valence-corrected chi connectivity index (χ4v) is 3.57. The summed E-state index contributed by atoms with van der Waals surface area (Å²) in [6.07, 6.45) is 2.52. The Morgan fingerprint density at radius 3 is 2.93 bits per heavy atom. The van der Waals surface area contributed by atoms with Gasteiger partial charge in [-0.1, -0.05) is 29.8 Å². The highest BCUT2D eigenvalue weighted by Crippen LogP contribution is 2.28. The van der Waals surface area contributed by atoms with Gasteiger partial charge in [0.2, 0.25) is 0 Å². The van der Waals surface area contributed by atoms with Crippen molar-refractivity contribution < 1.29 is 4.79 Å². The van der Waals surface area contributed by atoms with Gasteiger partial charge in [-0.15, -0.1) is 10.2 Å². The maximum atomic E-state index is 12.9. The van der Waals surface area contributed by atoms with E-state index in [1.165, 1.54) is 5.56 Å². The first-order chi connectivity index (χ1) is 13.2. The summed E-state index contributed by atoms with van der Waals surface area (Å²) >= 11 is 6.11. The van der Waals surface area contributed by atoms with Crippen molar-refractivity contribution in [1.82, 2.24) is 19.7 Å². The number of fused-ring (bicyclic) bond motifs is 1. The molecule has 0 atom stereocenters. The standard InChI is InChI=1S/C20H20ClN5O/c1-2-25-13-22-24-19(25)17-5-3-4-6-18(17)23-20(27)26-10-9-14-7-8-16(21)11-15(14)12-26/h3-8,11,13H,2,9-10,12H2,1H3,(H,23,27). The highest BCUT2D eigenvalue weighted by Gasteiger charge is 2.22. The second-order valence-electron chi connectivity index (χ2n) is 6.50. The van der Waals surface area contributed by atoms with Crippen LogP contribution in [0.3, 0.4) is 0 Å². The number of amides is 2. The number of aryl methyl sites for hydroxylation is 1. The van der Waals surface area contributed by atoms with Crippen LogP contribution in [0, 0.1) is 0 Å². The van der Waals surface area contributed by atoms with Crippen molar-refractivity contribution in [3.8, 4) is 11.4 Å². The predicted octanol–water partition coefficient (Wildman–Crippen LogP) is 4.21. The molecule has 2 amide bonds. The molecule has 0 bridgehead atoms. The zero-order chi connectivity index (χ0) is 18.8. The lowest BCUT2D eigenvalue weighted by molar-refractivity contribution is 0.206. The van der Waals surface area contributed by atoms with Gasteiger partial charge in [0.25, 0.3) is 0 Å². The Hall–Kier alpha value is -2.86. The topological polar surface area (TPSA) is 63.1 Å². The van der Waals surface area contributed by atoms with Crippen molar-refractivity contribution in [2.45, 2.75) is 26.4 Å². The third-order valence-electron chi connectivity index (χ3n) is 4.83. The molecule has 0 saturated carbocycles. The van der Waals surface area contributed by atoms with Crippen molar-refractivity contribution in [3.63, 3.8) is 0 Å². The van der Waals surface area contributed by atoms with Gasteiger partial charge in [0, 0.05) is 30.2 Å². The fourth-order valence-electron chi connectivity index (χ4n) is 3.38. The van der Waals surface area contributed by atoms with Crippen molar-refractivity contribution in [2.75, 3.05) is 11.9 Å². The Labute approximate surface area is 162 Å². The van der Waals surface area contributed by atoms with Crippen LogP contribution < -0.4 is 5.32 Å². The number of nitrogens with zero attached hydrogens (tertiary/aromatic N) is 4. The van der Waals surface area contributed by atoms with E-state index in [0.29, 0.717) is 18.1 Å². The molecule has 1 aromatic heterocycles. The summed E-state index contributed by atoms with van der Waals surface area (Å²) in [6, 6.07) is 13.4. The Bertz CT molecular complexity index is 984. The molecule has 27 heavy (non-hydrogen) atoms. The molecule has 0 fully saturated rings. The van der Waals surface area contributed by atoms with Crippen LogP contribution in [-0.2, 0) is 19.5 Å². The minimum atomic E-state index is -0.129. The second-order valence-corrected chi connectivity index (χ2v) is 6.94. The highest BCUT2D eigenvalue weighted by molar-refractivity contribution is 6.30. The molecule has 2 heterocycles. The molecule has 0 saturated heterocycles. The predicted molar refractivity (Wildman–Crippen MR) is 106 cm³/mol. The van der Waals surface area contributed by atoms with E-state index in [4.69, 9.17) is 11.6 Å². The number of hydrogen-bond acceptors (Lipinski definition) is 3. The van der Waals surface area contributed by atoms with Crippen LogP contribution in [0.15, 0.2) is 48.8 Å². The van der Waals surface area contributed by atoms with Crippen LogP contribution in [0.25, 0.3) is 11.4 Å². The largest absolute Gasteiger partial charge is 0.322 e. The smallest absolute Gasteiger partial charge is 0.320 e. The first-order valence-electron chi connectivity index (χ1n) is 8.96. The molecular formula is C20H20ClN5O. The number of benzene rings is 2. The van der Waals surface area contributed by atoms with Crippen LogP contribution in [0.2, 0.25) is 5.02 Å². The van der Waals surface area contributed by atoms with E-state index in [9.17, 15) is 4.79 Å². The van der Waals surface area contributed by atoms with Gasteiger partial charge in [-0.05, 0) is 48.7 Å². The number of para-hydroxylation sites is 1. The normalized spacial score (nSPS) is 13.3. The van der Waals surface area contributed by atoms with Gasteiger partial charge in [-0.3, -0.25) is 0 Å². The lowest BCUT2D eigenvalue weighted by Gasteiger charge is -2.29. The van der Waals surface area contributed by atoms with Crippen LogP contribution >= 0.6 is 11.6 Å². The van der Waals surface area contributed by atoms with E-state index in [1.54, 1.807) is 11.2 Å². The Morgan fingerprint density at radius 2 is 2.07 bits per heavy atom. The summed E-state index contributed by atoms with van der Waals surface area (Å²) in [5.74, 6) is 0.740. The summed E-state index contributed by atoms with van der Waals surface area (Å²) in [5.41, 5.74) is 3.93. The minimum absolute atomic E-state index is 0.129. The van der Waals surface area contributed by atoms with E-state index in [2.05, 4.69) is 15.5 Å². The van der Waals surface area contributed by atoms with Crippen LogP contribution in [-0.4, -0.2) is 32.2 Å². The number of halogens is 1. The molecule has 3 aromatic rings. The zero-order valence-electron chi connectivity index (χ0n) is 15.0. The van der Waals surface area contributed by atoms with Crippen LogP contribution in [0.4, 0.5) is 10.5 Å². The van der Waals surface area contributed by atoms with Gasteiger partial charge in [0.05, 0.1) is 5.69 Å². The van der Waals surface area contributed by atoms with E-state index in [1.807, 2.05) is 54.0 Å². The summed E-state index contributed by atoms with van der Waals surface area (Å²) in [6.45, 7) is 4.02. The first kappa shape index (κ1) is 17.5. The highest BCUT2D eigenvalue weighted by atomic mass is 35.5. The van der Waals surface area contributed by atoms with Crippen molar-refractivity contribution in [3.05, 3.63) is 64.9 Å². The van der Waals surface area contributed by atoms with E-state index >= 15 is 0 Å². The number of aromatic nitrogens is 3. The van der Waals surface area contributed by atoms with Gasteiger partial charge in [-0.25, -0.2) is 4.79 Å². The monoisotopic (exact) mass is 381 g/mol. The maximum absolute atomic E-state index is 12.9. The molecule has 0 spiro atoms. The third-order valence-corrected chi connectivity index (χ3v) is 5.07. The molecule has 0 unspecified atom stereocenters. The van der Waals surface area contributed by atoms with Gasteiger partial charge >= 0.3 is 6.03 Å². The molecular weight excluding hydrogens is 362 g/mol. The van der Waals surface area contributed by atoms with Gasteiger partial charge in [-0.2, -0.15) is 0 Å². The fraction of sp³-hybridized carbons (Fsp3) is 0.250. The van der Waals surface area contributed by atoms with Crippen molar-refractivity contribution in [1.29, 1.82) is 0 Å². The molecule has 4 rings (SSSR count). The molecule has 6 nitrogen and oxygen atoms in total. The minimum Gasteiger partial charge on any atom is -0.320 e. The van der Waals surface area contributed by atoms with Gasteiger partial charge < -0.3 is 14.8 Å². The van der Waals surface area contributed by atoms with Crippen molar-refractivity contribution in [2.24, 2.45) is 0 Å². The SMILES string of the molecule is CCn1cnnc1-c1ccccc1NC(=O)N1CCc2ccc(Cl)cc2C1. The first-order valence-corrected chi connectivity index (χ1v) is 9.34. The average molecular weight is 382 g/mol. The molecule has 7 heteroatoms. The number of carbonyl (C=O) groups is 1. The summed E-state index contributed by atoms with van der Waals surface area (Å²) in [5, 5.41) is 11.9. The summed E-state index contributed by atoms with van der Waals surface area (Å²) in [7, 11) is 0. The lowest BCUT2D eigenvalue weighted by atomic mass is 10.0. The molecule has 2 aromatic carbocycles. The molecule has 138 valence electrons. The van der Waals surface area contributed by atoms with E-state index < -0.39 is 0 Å². The molecule has 0 aliphatic carbocycles. The zero-order valence-corrected chi connectivity index (χ0v) is 15.8. The number of urea groups is 1. The van der Waals surface area contributed by atoms with E-state index in [-0.39, 0.29) is 6.03 Å². The Kier molecular flexibility index (Phi) is 4.81. The molecule has 1 aliphatic rings. The lowest BCUT2D eigenvalue weighted by Crippen LogP contribution is -2.39. The van der Waals surface area contributed by atoms with Gasteiger partial charge in [0.15, 0.2) is 5.82 Å². The number of hydrogen-bond donors (Lipinski definition) is 1. The average Bonchev–Trinajstić information content (AvgIpc) is 3.16. The Balaban J connectivity index is 1.56. The molecule has 1 N–H and O–H groups in total. The number of nitrogens with one attached hydrogen (secondary N) is 1. The number of carbonyl (C=O) groups excluding carboxylic acids is 1. The van der Waals surface area contributed by atoms with Crippen LogP contribution in [0.5, 0.6) is 0 Å². The summed E-state index contributed by atoms with van der Waals surface area (Å²) in [4.78, 5) is 14.7. The number of anilines is 1. The second kappa shape index (κ2) is 7.40. The third kappa shape index (κ3) is 3.53. The van der Waals surface area contributed by atoms with E-state index in [0.717, 1.165) is 35.6 Å². The van der Waals surface area contributed by atoms with Crippen molar-refractivity contribution >= 4 is 23.3 Å². The Morgan fingerprint density at radius 1 is 1.22 bits per heavy atom. The maximum Gasteiger partial charge on any atom is 0.322 e. The molecule has 1 aliphatic heterocycles. The quantitative estimate of drug-likeness (QED) is 0.739. The van der Waals surface area contributed by atoms with Gasteiger partial charge in [0.1, 0.15) is 6.33 Å². The number of rotatable bonds is 3. The molecule has 0 radical (unpaired) electrons.